The lowest BCUT2D eigenvalue weighted by Gasteiger charge is -2.13. The number of anilines is 1. The number of rotatable bonds is 5. The van der Waals surface area contributed by atoms with Crippen molar-refractivity contribution in [2.75, 3.05) is 5.32 Å². The molecule has 0 aliphatic rings. The van der Waals surface area contributed by atoms with Crippen LogP contribution in [-0.2, 0) is 19.3 Å². The van der Waals surface area contributed by atoms with Gasteiger partial charge in [-0.2, -0.15) is 13.2 Å². The Balaban J connectivity index is 1.73. The second kappa shape index (κ2) is 6.96. The lowest BCUT2D eigenvalue weighted by atomic mass is 10.1. The van der Waals surface area contributed by atoms with Crippen molar-refractivity contribution in [3.8, 4) is 0 Å². The van der Waals surface area contributed by atoms with Gasteiger partial charge in [0, 0.05) is 31.7 Å². The Morgan fingerprint density at radius 2 is 1.84 bits per heavy atom. The fraction of sp³-hybridized carbons (Fsp3) is 0.222. The molecule has 1 aromatic carbocycles. The summed E-state index contributed by atoms with van der Waals surface area (Å²) in [6.45, 7) is 2.85. The molecule has 0 saturated carbocycles. The zero-order chi connectivity index (χ0) is 17.9. The number of benzene rings is 1. The van der Waals surface area contributed by atoms with E-state index in [9.17, 15) is 13.2 Å². The summed E-state index contributed by atoms with van der Waals surface area (Å²) in [4.78, 5) is 7.99. The summed E-state index contributed by atoms with van der Waals surface area (Å²) in [7, 11) is 0. The molecule has 130 valence electrons. The Hall–Kier alpha value is -2.83. The summed E-state index contributed by atoms with van der Waals surface area (Å²) in [6, 6.07) is 10.00. The highest BCUT2D eigenvalue weighted by Crippen LogP contribution is 2.33. The van der Waals surface area contributed by atoms with Gasteiger partial charge in [-0.15, -0.1) is 0 Å². The molecule has 7 heteroatoms. The molecular weight excluding hydrogens is 329 g/mol. The summed E-state index contributed by atoms with van der Waals surface area (Å²) in [5.74, 6) is 0.748. The average molecular weight is 346 g/mol. The maximum absolute atomic E-state index is 13.0. The molecule has 0 spiro atoms. The third-order valence-electron chi connectivity index (χ3n) is 3.84. The highest BCUT2D eigenvalue weighted by molar-refractivity contribution is 5.46. The van der Waals surface area contributed by atoms with Gasteiger partial charge in [0.15, 0.2) is 0 Å². The van der Waals surface area contributed by atoms with Crippen molar-refractivity contribution in [1.82, 2.24) is 14.5 Å². The average Bonchev–Trinajstić information content (AvgIpc) is 2.98. The molecular formula is C18H17F3N4. The quantitative estimate of drug-likeness (QED) is 0.750. The summed E-state index contributed by atoms with van der Waals surface area (Å²) in [5, 5.41) is 2.78. The van der Waals surface area contributed by atoms with Gasteiger partial charge >= 0.3 is 6.18 Å². The molecule has 2 heterocycles. The van der Waals surface area contributed by atoms with Gasteiger partial charge in [-0.1, -0.05) is 24.3 Å². The molecule has 0 aliphatic carbocycles. The number of nitrogens with zero attached hydrogens (tertiary/aromatic N) is 3. The van der Waals surface area contributed by atoms with E-state index in [2.05, 4.69) is 15.3 Å². The summed E-state index contributed by atoms with van der Waals surface area (Å²) < 4.78 is 41.0. The van der Waals surface area contributed by atoms with Crippen LogP contribution in [0.5, 0.6) is 0 Å². The summed E-state index contributed by atoms with van der Waals surface area (Å²) >= 11 is 0. The molecule has 0 aliphatic heterocycles. The Morgan fingerprint density at radius 3 is 2.56 bits per heavy atom. The van der Waals surface area contributed by atoms with Gasteiger partial charge in [0.25, 0.3) is 0 Å². The number of hydrogen-bond acceptors (Lipinski definition) is 3. The molecule has 0 saturated heterocycles. The molecule has 1 N–H and O–H groups in total. The van der Waals surface area contributed by atoms with Crippen molar-refractivity contribution in [3.05, 3.63) is 77.5 Å². The first kappa shape index (κ1) is 17.0. The van der Waals surface area contributed by atoms with Crippen LogP contribution in [0.3, 0.4) is 0 Å². The summed E-state index contributed by atoms with van der Waals surface area (Å²) in [5.41, 5.74) is 1.17. The number of pyridine rings is 1. The smallest absolute Gasteiger partial charge is 0.365 e. The van der Waals surface area contributed by atoms with Crippen LogP contribution >= 0.6 is 0 Å². The van der Waals surface area contributed by atoms with Crippen LogP contribution in [0, 0.1) is 6.92 Å². The predicted octanol–water partition coefficient (Wildman–Crippen LogP) is 4.27. The van der Waals surface area contributed by atoms with E-state index >= 15 is 0 Å². The molecule has 3 rings (SSSR count). The van der Waals surface area contributed by atoms with Crippen molar-refractivity contribution in [1.29, 1.82) is 0 Å². The number of alkyl halides is 3. The van der Waals surface area contributed by atoms with Crippen molar-refractivity contribution in [3.63, 3.8) is 0 Å². The van der Waals surface area contributed by atoms with E-state index in [1.165, 1.54) is 12.3 Å². The van der Waals surface area contributed by atoms with E-state index < -0.39 is 11.7 Å². The van der Waals surface area contributed by atoms with Gasteiger partial charge in [-0.25, -0.2) is 9.97 Å². The zero-order valence-electron chi connectivity index (χ0n) is 13.6. The Kier molecular flexibility index (Phi) is 4.74. The third-order valence-corrected chi connectivity index (χ3v) is 3.84. The van der Waals surface area contributed by atoms with E-state index in [0.717, 1.165) is 23.0 Å². The molecule has 25 heavy (non-hydrogen) atoms. The maximum Gasteiger partial charge on any atom is 0.419 e. The minimum Gasteiger partial charge on any atom is -0.365 e. The maximum atomic E-state index is 13.0. The number of imidazole rings is 1. The van der Waals surface area contributed by atoms with Crippen LogP contribution in [0.4, 0.5) is 19.0 Å². The minimum atomic E-state index is -4.43. The lowest BCUT2D eigenvalue weighted by Crippen LogP contribution is -2.12. The minimum absolute atomic E-state index is 0.161. The van der Waals surface area contributed by atoms with E-state index in [0.29, 0.717) is 6.54 Å². The van der Waals surface area contributed by atoms with Gasteiger partial charge in [-0.05, 0) is 30.2 Å². The lowest BCUT2D eigenvalue weighted by molar-refractivity contribution is -0.137. The Bertz CT molecular complexity index is 855. The van der Waals surface area contributed by atoms with Crippen LogP contribution in [0.15, 0.2) is 55.0 Å². The number of halogens is 3. The van der Waals surface area contributed by atoms with Gasteiger partial charge in [0.2, 0.25) is 0 Å². The van der Waals surface area contributed by atoms with E-state index in [4.69, 9.17) is 0 Å². The van der Waals surface area contributed by atoms with Crippen LogP contribution in [0.25, 0.3) is 0 Å². The van der Waals surface area contributed by atoms with Gasteiger partial charge in [-0.3, -0.25) is 0 Å². The molecule has 0 amide bonds. The number of hydrogen-bond donors (Lipinski definition) is 1. The first-order valence-electron chi connectivity index (χ1n) is 7.75. The Labute approximate surface area is 143 Å². The summed E-state index contributed by atoms with van der Waals surface area (Å²) in [6.07, 6.45) is 0.539. The molecule has 0 radical (unpaired) electrons. The Morgan fingerprint density at radius 1 is 1.04 bits per heavy atom. The number of aromatic nitrogens is 3. The standard InChI is InChI=1S/C18H17F3N4/c1-13-22-8-9-25(13)12-15-5-2-4-14(10-15)11-24-17-16(18(19,20)21)6-3-7-23-17/h2-10H,11-12H2,1H3,(H,23,24). The second-order valence-corrected chi connectivity index (χ2v) is 5.67. The molecule has 0 fully saturated rings. The molecule has 0 unspecified atom stereocenters. The van der Waals surface area contributed by atoms with E-state index in [1.54, 1.807) is 6.20 Å². The SMILES string of the molecule is Cc1nccn1Cc1cccc(CNc2ncccc2C(F)(F)F)c1. The molecule has 0 atom stereocenters. The first-order chi connectivity index (χ1) is 11.9. The van der Waals surface area contributed by atoms with E-state index in [1.807, 2.05) is 42.0 Å². The van der Waals surface area contributed by atoms with Crippen molar-refractivity contribution < 1.29 is 13.2 Å². The monoisotopic (exact) mass is 346 g/mol. The van der Waals surface area contributed by atoms with Gasteiger partial charge in [0.05, 0.1) is 5.56 Å². The highest BCUT2D eigenvalue weighted by Gasteiger charge is 2.33. The van der Waals surface area contributed by atoms with Crippen molar-refractivity contribution >= 4 is 5.82 Å². The van der Waals surface area contributed by atoms with Gasteiger partial charge < -0.3 is 9.88 Å². The van der Waals surface area contributed by atoms with Crippen LogP contribution in [-0.4, -0.2) is 14.5 Å². The van der Waals surface area contributed by atoms with Crippen LogP contribution in [0.1, 0.15) is 22.5 Å². The zero-order valence-corrected chi connectivity index (χ0v) is 13.6. The number of nitrogens with one attached hydrogen (secondary N) is 1. The van der Waals surface area contributed by atoms with Gasteiger partial charge in [0.1, 0.15) is 11.6 Å². The van der Waals surface area contributed by atoms with Crippen LogP contribution in [0.2, 0.25) is 0 Å². The molecule has 0 bridgehead atoms. The second-order valence-electron chi connectivity index (χ2n) is 5.67. The van der Waals surface area contributed by atoms with Crippen LogP contribution < -0.4 is 5.32 Å². The van der Waals surface area contributed by atoms with Crippen molar-refractivity contribution in [2.45, 2.75) is 26.2 Å². The predicted molar refractivity (Wildman–Crippen MR) is 89.1 cm³/mol. The first-order valence-corrected chi connectivity index (χ1v) is 7.75. The third kappa shape index (κ3) is 4.17. The molecule has 3 aromatic rings. The fourth-order valence-corrected chi connectivity index (χ4v) is 2.57. The molecule has 2 aromatic heterocycles. The normalized spacial score (nSPS) is 11.5. The largest absolute Gasteiger partial charge is 0.419 e. The van der Waals surface area contributed by atoms with E-state index in [-0.39, 0.29) is 12.4 Å². The fourth-order valence-electron chi connectivity index (χ4n) is 2.57. The van der Waals surface area contributed by atoms with Crippen molar-refractivity contribution in [2.24, 2.45) is 0 Å². The molecule has 4 nitrogen and oxygen atoms in total. The number of aryl methyl sites for hydroxylation is 1. The topological polar surface area (TPSA) is 42.7 Å². The highest BCUT2D eigenvalue weighted by atomic mass is 19.4.